The highest BCUT2D eigenvalue weighted by Crippen LogP contribution is 2.32. The molecular weight excluding hydrogens is 361 g/mol. The molecule has 142 valence electrons. The van der Waals surface area contributed by atoms with Crippen LogP contribution in [0.25, 0.3) is 6.08 Å². The number of aromatic nitrogens is 1. The van der Waals surface area contributed by atoms with E-state index >= 15 is 0 Å². The number of carboxylic acid groups (broad SMARTS) is 1. The molecule has 1 aliphatic rings. The van der Waals surface area contributed by atoms with E-state index in [1.54, 1.807) is 17.0 Å². The molecule has 0 saturated heterocycles. The van der Waals surface area contributed by atoms with Gasteiger partial charge in [-0.2, -0.15) is 13.2 Å². The van der Waals surface area contributed by atoms with Crippen molar-refractivity contribution in [3.8, 4) is 5.88 Å². The maximum absolute atomic E-state index is 12.2. The van der Waals surface area contributed by atoms with E-state index in [0.717, 1.165) is 11.1 Å². The lowest BCUT2D eigenvalue weighted by molar-refractivity contribution is -0.154. The number of hydrogen-bond donors (Lipinski definition) is 1. The third kappa shape index (κ3) is 4.39. The van der Waals surface area contributed by atoms with Gasteiger partial charge in [-0.05, 0) is 29.7 Å². The van der Waals surface area contributed by atoms with E-state index in [2.05, 4.69) is 9.72 Å². The summed E-state index contributed by atoms with van der Waals surface area (Å²) in [5.74, 6) is -1.18. The molecular formula is C19H17F3N2O3. The second kappa shape index (κ2) is 7.30. The molecule has 27 heavy (non-hydrogen) atoms. The van der Waals surface area contributed by atoms with Crippen LogP contribution in [0.2, 0.25) is 0 Å². The van der Waals surface area contributed by atoms with Crippen LogP contribution in [-0.2, 0) is 11.3 Å². The van der Waals surface area contributed by atoms with Gasteiger partial charge in [-0.3, -0.25) is 0 Å². The van der Waals surface area contributed by atoms with E-state index in [0.29, 0.717) is 12.1 Å². The number of carboxylic acids is 1. The molecule has 0 aliphatic carbocycles. The fourth-order valence-corrected chi connectivity index (χ4v) is 2.91. The van der Waals surface area contributed by atoms with Crippen molar-refractivity contribution >= 4 is 12.0 Å². The summed E-state index contributed by atoms with van der Waals surface area (Å²) >= 11 is 0. The molecule has 2 aromatic rings. The fraction of sp³-hybridized carbons (Fsp3) is 0.263. The van der Waals surface area contributed by atoms with Gasteiger partial charge < -0.3 is 14.7 Å². The summed E-state index contributed by atoms with van der Waals surface area (Å²) in [6.45, 7) is 0.809. The zero-order valence-corrected chi connectivity index (χ0v) is 14.4. The zero-order valence-electron chi connectivity index (χ0n) is 14.4. The summed E-state index contributed by atoms with van der Waals surface area (Å²) in [6.07, 6.45) is -1.42. The van der Waals surface area contributed by atoms with Crippen LogP contribution >= 0.6 is 0 Å². The first kappa shape index (κ1) is 18.8. The smallest absolute Gasteiger partial charge is 0.422 e. The molecule has 1 N–H and O–H groups in total. The normalized spacial score (nSPS) is 15.0. The van der Waals surface area contributed by atoms with Crippen molar-refractivity contribution in [3.63, 3.8) is 0 Å². The topological polar surface area (TPSA) is 62.7 Å². The molecule has 1 atom stereocenters. The molecule has 0 saturated carbocycles. The summed E-state index contributed by atoms with van der Waals surface area (Å²) < 4.78 is 41.2. The number of alkyl halides is 3. The second-order valence-corrected chi connectivity index (χ2v) is 6.17. The van der Waals surface area contributed by atoms with E-state index in [9.17, 15) is 23.1 Å². The monoisotopic (exact) mass is 378 g/mol. The minimum absolute atomic E-state index is 0.138. The molecule has 1 aromatic carbocycles. The fourth-order valence-electron chi connectivity index (χ4n) is 2.91. The Kier molecular flexibility index (Phi) is 5.07. The standard InChI is InChI=1S/C19H17F3N2O3/c1-12(14-6-7-17(23-9-14)27-11-19(20,21)22)24-10-15-5-3-2-4-13(15)8-16(24)18(25)26/h2-9,12H,10-11H2,1H3,(H,25,26). The Labute approximate surface area is 153 Å². The van der Waals surface area contributed by atoms with Crippen molar-refractivity contribution in [1.29, 1.82) is 0 Å². The Morgan fingerprint density at radius 1 is 1.30 bits per heavy atom. The lowest BCUT2D eigenvalue weighted by Gasteiger charge is -2.35. The predicted octanol–water partition coefficient (Wildman–Crippen LogP) is 4.03. The minimum Gasteiger partial charge on any atom is -0.477 e. The van der Waals surface area contributed by atoms with Crippen LogP contribution in [-0.4, -0.2) is 33.7 Å². The van der Waals surface area contributed by atoms with Gasteiger partial charge in [-0.1, -0.05) is 30.3 Å². The van der Waals surface area contributed by atoms with Gasteiger partial charge >= 0.3 is 12.1 Å². The van der Waals surface area contributed by atoms with E-state index in [1.807, 2.05) is 31.2 Å². The van der Waals surface area contributed by atoms with Gasteiger partial charge in [0.15, 0.2) is 6.61 Å². The van der Waals surface area contributed by atoms with Crippen LogP contribution in [0.1, 0.15) is 29.7 Å². The van der Waals surface area contributed by atoms with Crippen LogP contribution in [0.3, 0.4) is 0 Å². The van der Waals surface area contributed by atoms with Gasteiger partial charge in [-0.25, -0.2) is 9.78 Å². The Bertz CT molecular complexity index is 863. The lowest BCUT2D eigenvalue weighted by atomic mass is 9.98. The SMILES string of the molecule is CC(c1ccc(OCC(F)(F)F)nc1)N1Cc2ccccc2C=C1C(=O)O. The molecule has 0 fully saturated rings. The van der Waals surface area contributed by atoms with Crippen LogP contribution < -0.4 is 4.74 Å². The minimum atomic E-state index is -4.43. The van der Waals surface area contributed by atoms with E-state index < -0.39 is 18.8 Å². The number of carbonyl (C=O) groups is 1. The van der Waals surface area contributed by atoms with Crippen LogP contribution in [0.4, 0.5) is 13.2 Å². The summed E-state index contributed by atoms with van der Waals surface area (Å²) in [6, 6.07) is 10.1. The number of fused-ring (bicyclic) bond motifs is 1. The van der Waals surface area contributed by atoms with Crippen LogP contribution in [0.15, 0.2) is 48.3 Å². The molecule has 1 unspecified atom stereocenters. The Morgan fingerprint density at radius 2 is 2.04 bits per heavy atom. The molecule has 1 aliphatic heterocycles. The van der Waals surface area contributed by atoms with E-state index in [4.69, 9.17) is 0 Å². The van der Waals surface area contributed by atoms with Gasteiger partial charge in [0.25, 0.3) is 0 Å². The predicted molar refractivity (Wildman–Crippen MR) is 91.8 cm³/mol. The highest BCUT2D eigenvalue weighted by atomic mass is 19.4. The Hall–Kier alpha value is -3.03. The van der Waals surface area contributed by atoms with Crippen LogP contribution in [0, 0.1) is 0 Å². The highest BCUT2D eigenvalue weighted by molar-refractivity contribution is 5.92. The summed E-state index contributed by atoms with van der Waals surface area (Å²) in [4.78, 5) is 17.3. The molecule has 0 spiro atoms. The molecule has 8 heteroatoms. The van der Waals surface area contributed by atoms with Crippen molar-refractivity contribution in [2.45, 2.75) is 25.7 Å². The van der Waals surface area contributed by atoms with Crippen LogP contribution in [0.5, 0.6) is 5.88 Å². The van der Waals surface area contributed by atoms with Gasteiger partial charge in [0, 0.05) is 18.8 Å². The summed E-state index contributed by atoms with van der Waals surface area (Å²) in [7, 11) is 0. The van der Waals surface area contributed by atoms with E-state index in [1.165, 1.54) is 12.3 Å². The third-order valence-electron chi connectivity index (χ3n) is 4.31. The first-order valence-electron chi connectivity index (χ1n) is 8.19. The van der Waals surface area contributed by atoms with Gasteiger partial charge in [0.2, 0.25) is 5.88 Å². The number of halogens is 3. The lowest BCUT2D eigenvalue weighted by Crippen LogP contribution is -2.32. The molecule has 3 rings (SSSR count). The second-order valence-electron chi connectivity index (χ2n) is 6.17. The number of nitrogens with zero attached hydrogens (tertiary/aromatic N) is 2. The number of pyridine rings is 1. The molecule has 2 heterocycles. The van der Waals surface area contributed by atoms with Gasteiger partial charge in [0.05, 0.1) is 6.04 Å². The summed E-state index contributed by atoms with van der Waals surface area (Å²) in [5.41, 5.74) is 2.67. The first-order valence-corrected chi connectivity index (χ1v) is 8.19. The van der Waals surface area contributed by atoms with Crippen molar-refractivity contribution < 1.29 is 27.8 Å². The average molecular weight is 378 g/mol. The third-order valence-corrected chi connectivity index (χ3v) is 4.31. The maximum atomic E-state index is 12.2. The molecule has 0 radical (unpaired) electrons. The number of rotatable bonds is 5. The van der Waals surface area contributed by atoms with Gasteiger partial charge in [-0.15, -0.1) is 0 Å². The number of aliphatic carboxylic acids is 1. The average Bonchev–Trinajstić information content (AvgIpc) is 2.64. The molecule has 5 nitrogen and oxygen atoms in total. The Balaban J connectivity index is 1.80. The van der Waals surface area contributed by atoms with Crippen molar-refractivity contribution in [1.82, 2.24) is 9.88 Å². The van der Waals surface area contributed by atoms with Crippen molar-refractivity contribution in [3.05, 3.63) is 65.0 Å². The quantitative estimate of drug-likeness (QED) is 0.851. The molecule has 1 aromatic heterocycles. The van der Waals surface area contributed by atoms with Crippen molar-refractivity contribution in [2.75, 3.05) is 6.61 Å². The largest absolute Gasteiger partial charge is 0.477 e. The zero-order chi connectivity index (χ0) is 19.6. The maximum Gasteiger partial charge on any atom is 0.422 e. The Morgan fingerprint density at radius 3 is 2.67 bits per heavy atom. The van der Waals surface area contributed by atoms with Crippen molar-refractivity contribution in [2.24, 2.45) is 0 Å². The number of hydrogen-bond acceptors (Lipinski definition) is 4. The highest BCUT2D eigenvalue weighted by Gasteiger charge is 2.29. The molecule has 0 bridgehead atoms. The van der Waals surface area contributed by atoms with E-state index in [-0.39, 0.29) is 17.6 Å². The number of benzene rings is 1. The number of ether oxygens (including phenoxy) is 1. The van der Waals surface area contributed by atoms with Gasteiger partial charge in [0.1, 0.15) is 5.70 Å². The summed E-state index contributed by atoms with van der Waals surface area (Å²) in [5, 5.41) is 9.57. The first-order chi connectivity index (χ1) is 12.7. The molecule has 0 amide bonds.